The number of nitrogens with two attached hydrogens (primary N) is 1. The number of anilines is 1. The highest BCUT2D eigenvalue weighted by Gasteiger charge is 2.01. The molecule has 1 aromatic carbocycles. The van der Waals surface area contributed by atoms with E-state index in [1.54, 1.807) is 11.3 Å². The average Bonchev–Trinajstić information content (AvgIpc) is 2.70. The van der Waals surface area contributed by atoms with Crippen LogP contribution in [-0.4, -0.2) is 4.98 Å². The third-order valence-corrected chi connectivity index (χ3v) is 3.74. The fourth-order valence-electron chi connectivity index (χ4n) is 1.62. The van der Waals surface area contributed by atoms with Gasteiger partial charge in [0.1, 0.15) is 0 Å². The van der Waals surface area contributed by atoms with Crippen molar-refractivity contribution in [1.29, 1.82) is 0 Å². The zero-order chi connectivity index (χ0) is 12.3. The monoisotopic (exact) mass is 247 g/mol. The summed E-state index contributed by atoms with van der Waals surface area (Å²) >= 11 is 1.69. The van der Waals surface area contributed by atoms with Gasteiger partial charge in [0.05, 0.1) is 11.2 Å². The lowest BCUT2D eigenvalue weighted by atomic mass is 10.1. The van der Waals surface area contributed by atoms with Gasteiger partial charge >= 0.3 is 0 Å². The third-order valence-electron chi connectivity index (χ3n) is 2.80. The summed E-state index contributed by atoms with van der Waals surface area (Å²) in [6.45, 7) is 5.76. The molecule has 90 valence electrons. The van der Waals surface area contributed by atoms with Crippen LogP contribution in [0, 0.1) is 13.8 Å². The summed E-state index contributed by atoms with van der Waals surface area (Å²) < 4.78 is 0. The zero-order valence-electron chi connectivity index (χ0n) is 10.2. The number of thiazole rings is 1. The lowest BCUT2D eigenvalue weighted by molar-refractivity contribution is 0.697. The Morgan fingerprint density at radius 1 is 1.29 bits per heavy atom. The summed E-state index contributed by atoms with van der Waals surface area (Å²) in [6, 6.07) is 6.20. The summed E-state index contributed by atoms with van der Waals surface area (Å²) in [6.07, 6.45) is 0. The van der Waals surface area contributed by atoms with E-state index in [1.165, 1.54) is 10.4 Å². The van der Waals surface area contributed by atoms with Gasteiger partial charge < -0.3 is 11.1 Å². The minimum atomic E-state index is 0.835. The van der Waals surface area contributed by atoms with Gasteiger partial charge in [-0.2, -0.15) is 0 Å². The molecule has 0 aliphatic rings. The normalized spacial score (nSPS) is 10.7. The fraction of sp³-hybridized carbons (Fsp3) is 0.308. The van der Waals surface area contributed by atoms with Crippen LogP contribution in [0.3, 0.4) is 0 Å². The fourth-order valence-corrected chi connectivity index (χ4v) is 2.36. The lowest BCUT2D eigenvalue weighted by Crippen LogP contribution is -2.12. The molecule has 0 aliphatic heterocycles. The summed E-state index contributed by atoms with van der Waals surface area (Å²) in [7, 11) is 0. The van der Waals surface area contributed by atoms with Crippen LogP contribution in [-0.2, 0) is 13.1 Å². The van der Waals surface area contributed by atoms with Crippen LogP contribution in [0.15, 0.2) is 23.7 Å². The number of benzene rings is 1. The van der Waals surface area contributed by atoms with Gasteiger partial charge in [0.2, 0.25) is 0 Å². The van der Waals surface area contributed by atoms with Crippen molar-refractivity contribution in [2.75, 3.05) is 5.73 Å². The van der Waals surface area contributed by atoms with E-state index in [4.69, 9.17) is 5.73 Å². The molecule has 1 aromatic heterocycles. The van der Waals surface area contributed by atoms with Crippen LogP contribution in [0.25, 0.3) is 0 Å². The molecular weight excluding hydrogens is 230 g/mol. The molecular formula is C13H17N3S. The molecule has 4 heteroatoms. The van der Waals surface area contributed by atoms with Crippen molar-refractivity contribution in [2.24, 2.45) is 0 Å². The largest absolute Gasteiger partial charge is 0.399 e. The predicted octanol–water partition coefficient (Wildman–Crippen LogP) is 2.63. The van der Waals surface area contributed by atoms with Crippen molar-refractivity contribution in [2.45, 2.75) is 26.9 Å². The van der Waals surface area contributed by atoms with Gasteiger partial charge in [0, 0.05) is 23.7 Å². The van der Waals surface area contributed by atoms with Crippen molar-refractivity contribution in [3.8, 4) is 0 Å². The van der Waals surface area contributed by atoms with Crippen molar-refractivity contribution < 1.29 is 0 Å². The van der Waals surface area contributed by atoms with Crippen LogP contribution in [0.5, 0.6) is 0 Å². The van der Waals surface area contributed by atoms with Crippen molar-refractivity contribution >= 4 is 17.0 Å². The first-order chi connectivity index (χ1) is 8.16. The molecule has 0 saturated carbocycles. The van der Waals surface area contributed by atoms with Crippen LogP contribution < -0.4 is 11.1 Å². The molecule has 0 radical (unpaired) electrons. The predicted molar refractivity (Wildman–Crippen MR) is 73.0 cm³/mol. The van der Waals surface area contributed by atoms with Gasteiger partial charge in [-0.3, -0.25) is 0 Å². The van der Waals surface area contributed by atoms with E-state index in [0.717, 1.165) is 30.0 Å². The van der Waals surface area contributed by atoms with E-state index in [9.17, 15) is 0 Å². The SMILES string of the molecule is Cc1ccc(CNCc2scnc2C)cc1N. The van der Waals surface area contributed by atoms with Gasteiger partial charge in [-0.15, -0.1) is 11.3 Å². The zero-order valence-corrected chi connectivity index (χ0v) is 11.0. The molecule has 3 nitrogen and oxygen atoms in total. The second-order valence-electron chi connectivity index (χ2n) is 4.16. The van der Waals surface area contributed by atoms with E-state index in [2.05, 4.69) is 22.4 Å². The summed E-state index contributed by atoms with van der Waals surface area (Å²) in [5, 5.41) is 3.41. The molecule has 0 atom stereocenters. The molecule has 17 heavy (non-hydrogen) atoms. The molecule has 0 amide bonds. The number of rotatable bonds is 4. The Hall–Kier alpha value is -1.39. The summed E-state index contributed by atoms with van der Waals surface area (Å²) in [5.74, 6) is 0. The standard InChI is InChI=1S/C13H17N3S/c1-9-3-4-11(5-12(9)14)6-15-7-13-10(2)16-8-17-13/h3-5,8,15H,6-7,14H2,1-2H3. The van der Waals surface area contributed by atoms with E-state index in [-0.39, 0.29) is 0 Å². The molecule has 1 heterocycles. The van der Waals surface area contributed by atoms with Crippen LogP contribution in [0.2, 0.25) is 0 Å². The quantitative estimate of drug-likeness (QED) is 0.817. The van der Waals surface area contributed by atoms with Gasteiger partial charge in [0.15, 0.2) is 0 Å². The molecule has 0 spiro atoms. The highest BCUT2D eigenvalue weighted by Crippen LogP contribution is 2.14. The summed E-state index contributed by atoms with van der Waals surface area (Å²) in [4.78, 5) is 5.52. The first-order valence-corrected chi connectivity index (χ1v) is 6.49. The van der Waals surface area contributed by atoms with Crippen molar-refractivity contribution in [3.63, 3.8) is 0 Å². The molecule has 0 aliphatic carbocycles. The number of aryl methyl sites for hydroxylation is 2. The van der Waals surface area contributed by atoms with Crippen LogP contribution in [0.4, 0.5) is 5.69 Å². The average molecular weight is 247 g/mol. The van der Waals surface area contributed by atoms with Gasteiger partial charge in [-0.25, -0.2) is 4.98 Å². The second kappa shape index (κ2) is 5.29. The minimum Gasteiger partial charge on any atom is -0.399 e. The van der Waals surface area contributed by atoms with Crippen molar-refractivity contribution in [1.82, 2.24) is 10.3 Å². The van der Waals surface area contributed by atoms with Crippen LogP contribution >= 0.6 is 11.3 Å². The number of hydrogen-bond acceptors (Lipinski definition) is 4. The molecule has 2 aromatic rings. The van der Waals surface area contributed by atoms with E-state index < -0.39 is 0 Å². The number of nitrogen functional groups attached to an aromatic ring is 1. The molecule has 0 saturated heterocycles. The maximum Gasteiger partial charge on any atom is 0.0798 e. The van der Waals surface area contributed by atoms with E-state index >= 15 is 0 Å². The van der Waals surface area contributed by atoms with Gasteiger partial charge in [0.25, 0.3) is 0 Å². The molecule has 0 bridgehead atoms. The Bertz CT molecular complexity index is 505. The van der Waals surface area contributed by atoms with Gasteiger partial charge in [-0.1, -0.05) is 12.1 Å². The van der Waals surface area contributed by atoms with Crippen LogP contribution in [0.1, 0.15) is 21.7 Å². The maximum atomic E-state index is 5.88. The molecule has 3 N–H and O–H groups in total. The number of nitrogens with zero attached hydrogens (tertiary/aromatic N) is 1. The smallest absolute Gasteiger partial charge is 0.0798 e. The molecule has 0 unspecified atom stereocenters. The van der Waals surface area contributed by atoms with E-state index in [0.29, 0.717) is 0 Å². The Kier molecular flexibility index (Phi) is 3.76. The highest BCUT2D eigenvalue weighted by molar-refractivity contribution is 7.09. The first kappa shape index (κ1) is 12.1. The Morgan fingerprint density at radius 2 is 2.12 bits per heavy atom. The Balaban J connectivity index is 1.90. The summed E-state index contributed by atoms with van der Waals surface area (Å²) in [5.41, 5.74) is 12.1. The lowest BCUT2D eigenvalue weighted by Gasteiger charge is -2.06. The van der Waals surface area contributed by atoms with Gasteiger partial charge in [-0.05, 0) is 31.0 Å². The number of aromatic nitrogens is 1. The molecule has 2 rings (SSSR count). The first-order valence-electron chi connectivity index (χ1n) is 5.61. The van der Waals surface area contributed by atoms with E-state index in [1.807, 2.05) is 25.4 Å². The van der Waals surface area contributed by atoms with Crippen molar-refractivity contribution in [3.05, 3.63) is 45.4 Å². The molecule has 0 fully saturated rings. The Labute approximate surface area is 106 Å². The second-order valence-corrected chi connectivity index (χ2v) is 5.09. The Morgan fingerprint density at radius 3 is 2.76 bits per heavy atom. The number of nitrogens with one attached hydrogen (secondary N) is 1. The highest BCUT2D eigenvalue weighted by atomic mass is 32.1. The number of hydrogen-bond donors (Lipinski definition) is 2. The topological polar surface area (TPSA) is 50.9 Å². The third kappa shape index (κ3) is 3.05. The maximum absolute atomic E-state index is 5.88. The minimum absolute atomic E-state index is 0.835.